The lowest BCUT2D eigenvalue weighted by Crippen LogP contribution is -2.41. The lowest BCUT2D eigenvalue weighted by molar-refractivity contribution is 0.100. The molecule has 2 aliphatic carbocycles. The Kier molecular flexibility index (Phi) is 7.40. The van der Waals surface area contributed by atoms with Crippen LogP contribution in [0.15, 0.2) is 41.6 Å². The minimum Gasteiger partial charge on any atom is -0.468 e. The molecule has 0 saturated carbocycles. The highest BCUT2D eigenvalue weighted by Crippen LogP contribution is 2.53. The van der Waals surface area contributed by atoms with E-state index in [1.54, 1.807) is 18.3 Å². The Bertz CT molecular complexity index is 1570. The molecule has 3 aromatic heterocycles. The normalized spacial score (nSPS) is 23.3. The zero-order valence-electron chi connectivity index (χ0n) is 23.1. The van der Waals surface area contributed by atoms with Crippen LogP contribution in [0.2, 0.25) is 0 Å². The van der Waals surface area contributed by atoms with Gasteiger partial charge in [-0.25, -0.2) is 9.36 Å². The topological polar surface area (TPSA) is 144 Å². The highest BCUT2D eigenvalue weighted by atomic mass is 32.1. The van der Waals surface area contributed by atoms with Crippen molar-refractivity contribution < 1.29 is 9.53 Å². The third kappa shape index (κ3) is 4.74. The number of hydrogen-bond acceptors (Lipinski definition) is 11. The highest BCUT2D eigenvalue weighted by molar-refractivity contribution is 7.16. The summed E-state index contributed by atoms with van der Waals surface area (Å²) >= 11 is 2.78. The van der Waals surface area contributed by atoms with Crippen LogP contribution >= 0.6 is 22.9 Å². The van der Waals surface area contributed by atoms with Gasteiger partial charge in [0.15, 0.2) is 0 Å². The van der Waals surface area contributed by atoms with E-state index in [9.17, 15) is 10.1 Å². The molecule has 0 amide bonds. The fourth-order valence-electron chi connectivity index (χ4n) is 6.82. The molecule has 9 nitrogen and oxygen atoms in total. The lowest BCUT2D eigenvalue weighted by Gasteiger charge is -2.42. The summed E-state index contributed by atoms with van der Waals surface area (Å²) in [5, 5.41) is 12.4. The van der Waals surface area contributed by atoms with Crippen LogP contribution in [0, 0.1) is 11.3 Å². The molecule has 1 saturated heterocycles. The van der Waals surface area contributed by atoms with Crippen LogP contribution in [0.25, 0.3) is 11.3 Å². The van der Waals surface area contributed by atoms with Crippen LogP contribution in [0.5, 0.6) is 5.88 Å². The number of anilines is 1. The maximum atomic E-state index is 14.2. The lowest BCUT2D eigenvalue weighted by atomic mass is 9.62. The van der Waals surface area contributed by atoms with Crippen LogP contribution < -0.4 is 16.2 Å². The number of carbonyl (C=O) groups is 1. The molecule has 3 atom stereocenters. The Morgan fingerprint density at radius 3 is 2.78 bits per heavy atom. The maximum Gasteiger partial charge on any atom is 0.228 e. The van der Waals surface area contributed by atoms with Gasteiger partial charge in [-0.1, -0.05) is 6.58 Å². The van der Waals surface area contributed by atoms with E-state index in [4.69, 9.17) is 16.2 Å². The van der Waals surface area contributed by atoms with Gasteiger partial charge in [0.25, 0.3) is 0 Å². The summed E-state index contributed by atoms with van der Waals surface area (Å²) in [4.78, 5) is 26.9. The number of allylic oxidation sites excluding steroid dienone is 2. The average Bonchev–Trinajstić information content (AvgIpc) is 3.73. The Labute approximate surface area is 247 Å². The third-order valence-corrected chi connectivity index (χ3v) is 10.5. The number of aryl methyl sites for hydroxylation is 1. The summed E-state index contributed by atoms with van der Waals surface area (Å²) in [7, 11) is 2.08. The van der Waals surface area contributed by atoms with Gasteiger partial charge in [0.05, 0.1) is 23.5 Å². The number of nitrogens with two attached hydrogens (primary N) is 2. The van der Waals surface area contributed by atoms with Crippen molar-refractivity contribution in [1.82, 2.24) is 19.2 Å². The standard InChI is InChI=1S/C30H33N7O2S2/c1-3-22(21-8-6-12-37(21)2)39-24-13-20(17-15-34-40-16-17)35-29(36-24)26(38)18-7-4-10-30(27(18)32)11-5-9-23-25(30)19(14-31)28(33)41-23/h3,13,15-16,21-22H,1,4-12,32-33H2,2H3/t21-,22-,30-/m0/s1. The van der Waals surface area contributed by atoms with Gasteiger partial charge in [0, 0.05) is 38.6 Å². The molecule has 11 heteroatoms. The molecule has 6 rings (SSSR count). The zero-order valence-corrected chi connectivity index (χ0v) is 24.7. The number of likely N-dealkylation sites (N-methyl/N-ethyl adjacent to an activating group) is 1. The monoisotopic (exact) mass is 587 g/mol. The van der Waals surface area contributed by atoms with E-state index >= 15 is 0 Å². The molecule has 3 aromatic rings. The van der Waals surface area contributed by atoms with Gasteiger partial charge in [0.2, 0.25) is 17.5 Å². The fraction of sp³-hybridized carbons (Fsp3) is 0.433. The van der Waals surface area contributed by atoms with Crippen LogP contribution in [0.4, 0.5) is 5.00 Å². The van der Waals surface area contributed by atoms with Crippen molar-refractivity contribution in [1.29, 1.82) is 5.26 Å². The van der Waals surface area contributed by atoms with Crippen molar-refractivity contribution in [2.24, 2.45) is 5.73 Å². The quantitative estimate of drug-likeness (QED) is 0.288. The van der Waals surface area contributed by atoms with Crippen molar-refractivity contribution in [3.8, 4) is 23.2 Å². The number of ether oxygens (including phenoxy) is 1. The number of Topliss-reactive ketones (excluding diaryl/α,β-unsaturated/α-hetero) is 1. The van der Waals surface area contributed by atoms with Gasteiger partial charge in [-0.3, -0.25) is 9.69 Å². The minimum absolute atomic E-state index is 0.0441. The molecule has 1 spiro atoms. The van der Waals surface area contributed by atoms with Crippen LogP contribution in [0.3, 0.4) is 0 Å². The molecule has 4 heterocycles. The summed E-state index contributed by atoms with van der Waals surface area (Å²) in [6, 6.07) is 4.25. The summed E-state index contributed by atoms with van der Waals surface area (Å²) in [5.41, 5.74) is 16.5. The van der Waals surface area contributed by atoms with Gasteiger partial charge in [0.1, 0.15) is 17.2 Å². The van der Waals surface area contributed by atoms with E-state index in [1.165, 1.54) is 22.9 Å². The van der Waals surface area contributed by atoms with Crippen molar-refractivity contribution in [3.05, 3.63) is 63.4 Å². The number of hydrogen-bond donors (Lipinski definition) is 2. The van der Waals surface area contributed by atoms with Crippen molar-refractivity contribution in [2.45, 2.75) is 68.9 Å². The maximum absolute atomic E-state index is 14.2. The summed E-state index contributed by atoms with van der Waals surface area (Å²) < 4.78 is 10.6. The first kappa shape index (κ1) is 27.6. The third-order valence-electron chi connectivity index (χ3n) is 8.83. The highest BCUT2D eigenvalue weighted by Gasteiger charge is 2.46. The summed E-state index contributed by atoms with van der Waals surface area (Å²) in [5.74, 6) is 0.0536. The zero-order chi connectivity index (χ0) is 28.7. The van der Waals surface area contributed by atoms with Gasteiger partial charge < -0.3 is 16.2 Å². The Hall–Kier alpha value is -3.59. The van der Waals surface area contributed by atoms with Crippen molar-refractivity contribution >= 4 is 33.7 Å². The number of nitriles is 1. The molecule has 3 aliphatic rings. The fourth-order valence-corrected chi connectivity index (χ4v) is 8.51. The van der Waals surface area contributed by atoms with Gasteiger partial charge in [-0.15, -0.1) is 11.3 Å². The molecule has 1 aliphatic heterocycles. The number of nitrogen functional groups attached to an aromatic ring is 1. The number of aromatic nitrogens is 3. The van der Waals surface area contributed by atoms with E-state index in [0.717, 1.165) is 67.5 Å². The molecule has 212 valence electrons. The van der Waals surface area contributed by atoms with Gasteiger partial charge in [-0.2, -0.15) is 10.2 Å². The first-order chi connectivity index (χ1) is 19.9. The first-order valence-electron chi connectivity index (χ1n) is 14.0. The SMILES string of the molecule is C=C[C@H](Oc1cc(-c2cnsc2)nc(C(=O)C2=C(N)[C@@]3(CCC2)CCCc2sc(N)c(C#N)c23)n1)[C@@H]1CCCN1C. The molecule has 41 heavy (non-hydrogen) atoms. The number of nitrogens with zero attached hydrogens (tertiary/aromatic N) is 5. The number of rotatable bonds is 7. The number of carbonyl (C=O) groups excluding carboxylic acids is 1. The summed E-state index contributed by atoms with van der Waals surface area (Å²) in [6.07, 6.45) is 9.96. The van der Waals surface area contributed by atoms with Crippen LogP contribution in [-0.2, 0) is 11.8 Å². The van der Waals surface area contributed by atoms with E-state index in [0.29, 0.717) is 39.8 Å². The Balaban J connectivity index is 1.42. The van der Waals surface area contributed by atoms with Crippen molar-refractivity contribution in [3.63, 3.8) is 0 Å². The predicted octanol–water partition coefficient (Wildman–Crippen LogP) is 5.00. The number of thiophene rings is 1. The van der Waals surface area contributed by atoms with E-state index in [-0.39, 0.29) is 23.8 Å². The number of fused-ring (bicyclic) bond motifs is 2. The second-order valence-corrected chi connectivity index (χ2v) is 12.9. The van der Waals surface area contributed by atoms with Crippen LogP contribution in [-0.4, -0.2) is 50.8 Å². The molecule has 0 unspecified atom stereocenters. The minimum atomic E-state index is -0.578. The second-order valence-electron chi connectivity index (χ2n) is 11.1. The number of ketones is 1. The predicted molar refractivity (Wildman–Crippen MR) is 161 cm³/mol. The van der Waals surface area contributed by atoms with E-state index in [2.05, 4.69) is 38.9 Å². The average molecular weight is 588 g/mol. The van der Waals surface area contributed by atoms with Gasteiger partial charge in [-0.05, 0) is 88.1 Å². The second kappa shape index (κ2) is 11.0. The molecule has 1 fully saturated rings. The first-order valence-corrected chi connectivity index (χ1v) is 15.7. The Morgan fingerprint density at radius 2 is 2.10 bits per heavy atom. The molecular weight excluding hydrogens is 555 g/mol. The van der Waals surface area contributed by atoms with E-state index < -0.39 is 5.41 Å². The summed E-state index contributed by atoms with van der Waals surface area (Å²) in [6.45, 7) is 5.00. The van der Waals surface area contributed by atoms with E-state index in [1.807, 2.05) is 5.38 Å². The molecular formula is C30H33N7O2S2. The smallest absolute Gasteiger partial charge is 0.228 e. The van der Waals surface area contributed by atoms with Crippen molar-refractivity contribution in [2.75, 3.05) is 19.3 Å². The molecule has 0 bridgehead atoms. The number of likely N-dealkylation sites (tertiary alicyclic amines) is 1. The molecule has 0 radical (unpaired) electrons. The Morgan fingerprint density at radius 1 is 1.29 bits per heavy atom. The molecule has 0 aromatic carbocycles. The largest absolute Gasteiger partial charge is 0.468 e. The van der Waals surface area contributed by atoms with Crippen LogP contribution in [0.1, 0.15) is 71.6 Å². The van der Waals surface area contributed by atoms with Gasteiger partial charge >= 0.3 is 0 Å². The molecule has 4 N–H and O–H groups in total.